The van der Waals surface area contributed by atoms with E-state index in [0.717, 1.165) is 11.3 Å². The molecule has 2 aliphatic rings. The molecule has 2 N–H and O–H groups in total. The van der Waals surface area contributed by atoms with Crippen molar-refractivity contribution in [1.29, 1.82) is 0 Å². The first-order chi connectivity index (χ1) is 10.0. The minimum Gasteiger partial charge on any atom is -0.493 e. The summed E-state index contributed by atoms with van der Waals surface area (Å²) < 4.78 is 2.24. The molecule has 2 unspecified atom stereocenters. The molecule has 0 saturated heterocycles. The van der Waals surface area contributed by atoms with E-state index in [0.29, 0.717) is 28.8 Å². The first kappa shape index (κ1) is 14.5. The van der Waals surface area contributed by atoms with E-state index in [-0.39, 0.29) is 12.3 Å². The van der Waals surface area contributed by atoms with Gasteiger partial charge in [0.15, 0.2) is 3.95 Å². The van der Waals surface area contributed by atoms with E-state index in [1.807, 2.05) is 0 Å². The molecule has 0 spiro atoms. The van der Waals surface area contributed by atoms with Crippen molar-refractivity contribution in [1.82, 2.24) is 4.57 Å². The van der Waals surface area contributed by atoms with E-state index < -0.39 is 5.97 Å². The largest absolute Gasteiger partial charge is 0.493 e. The summed E-state index contributed by atoms with van der Waals surface area (Å²) >= 11 is 6.67. The lowest BCUT2D eigenvalue weighted by atomic mass is 10.0. The van der Waals surface area contributed by atoms with E-state index in [2.05, 4.69) is 18.2 Å². The Morgan fingerprint density at radius 3 is 2.95 bits per heavy atom. The van der Waals surface area contributed by atoms with Crippen LogP contribution in [0.25, 0.3) is 6.08 Å². The van der Waals surface area contributed by atoms with E-state index >= 15 is 0 Å². The number of carboxylic acid groups (broad SMARTS) is 1. The second-order valence-corrected chi connectivity index (χ2v) is 7.29. The molecule has 1 aromatic rings. The van der Waals surface area contributed by atoms with Gasteiger partial charge in [-0.25, -0.2) is 0 Å². The maximum atomic E-state index is 10.6. The fraction of sp³-hybridized carbons (Fsp3) is 0.467. The SMILES string of the molecule is O=C(O)CCCn1c(O)c(C=C2CC3C=CC2C3)sc1=S. The number of allylic oxidation sites excluding steroid dienone is 3. The molecule has 6 heteroatoms. The maximum absolute atomic E-state index is 10.6. The standard InChI is InChI=1S/C15H17NO3S2/c17-13(18)2-1-5-16-14(19)12(21-15(16)20)8-11-7-9-3-4-10(11)6-9/h3-4,8-10,19H,1-2,5-7H2,(H,17,18). The van der Waals surface area contributed by atoms with Crippen LogP contribution in [0.2, 0.25) is 0 Å². The molecule has 21 heavy (non-hydrogen) atoms. The molecule has 1 heterocycles. The van der Waals surface area contributed by atoms with E-state index in [4.69, 9.17) is 17.3 Å². The first-order valence-electron chi connectivity index (χ1n) is 7.08. The summed E-state index contributed by atoms with van der Waals surface area (Å²) in [6.07, 6.45) is 9.42. The summed E-state index contributed by atoms with van der Waals surface area (Å²) in [4.78, 5) is 11.4. The molecule has 3 rings (SSSR count). The number of carboxylic acids is 1. The van der Waals surface area contributed by atoms with Crippen molar-refractivity contribution < 1.29 is 15.0 Å². The van der Waals surface area contributed by atoms with Crippen molar-refractivity contribution in [2.45, 2.75) is 32.2 Å². The highest BCUT2D eigenvalue weighted by atomic mass is 32.1. The minimum atomic E-state index is -0.827. The molecule has 4 nitrogen and oxygen atoms in total. The molecule has 1 aromatic heterocycles. The lowest BCUT2D eigenvalue weighted by Gasteiger charge is -2.07. The van der Waals surface area contributed by atoms with Gasteiger partial charge in [0, 0.05) is 13.0 Å². The Kier molecular flexibility index (Phi) is 3.99. The van der Waals surface area contributed by atoms with Crippen LogP contribution in [0.3, 0.4) is 0 Å². The molecular formula is C15H17NO3S2. The second-order valence-electron chi connectivity index (χ2n) is 5.62. The maximum Gasteiger partial charge on any atom is 0.303 e. The summed E-state index contributed by atoms with van der Waals surface area (Å²) in [5, 5.41) is 19.0. The zero-order valence-electron chi connectivity index (χ0n) is 11.5. The molecule has 0 aliphatic heterocycles. The van der Waals surface area contributed by atoms with E-state index in [1.54, 1.807) is 4.57 Å². The third-order valence-corrected chi connectivity index (χ3v) is 5.51. The Balaban J connectivity index is 1.78. The number of thiazole rings is 1. The quantitative estimate of drug-likeness (QED) is 0.638. The fourth-order valence-electron chi connectivity index (χ4n) is 3.08. The highest BCUT2D eigenvalue weighted by Crippen LogP contribution is 2.44. The summed E-state index contributed by atoms with van der Waals surface area (Å²) in [5.74, 6) is 0.529. The zero-order chi connectivity index (χ0) is 15.0. The molecule has 112 valence electrons. The van der Waals surface area contributed by atoms with Crippen molar-refractivity contribution >= 4 is 35.6 Å². The average molecular weight is 323 g/mol. The summed E-state index contributed by atoms with van der Waals surface area (Å²) in [5.41, 5.74) is 1.37. The van der Waals surface area contributed by atoms with Crippen LogP contribution >= 0.6 is 23.6 Å². The van der Waals surface area contributed by atoms with Crippen molar-refractivity contribution in [2.24, 2.45) is 11.8 Å². The Morgan fingerprint density at radius 2 is 2.33 bits per heavy atom. The number of hydrogen-bond donors (Lipinski definition) is 2. The Morgan fingerprint density at radius 1 is 1.52 bits per heavy atom. The second kappa shape index (κ2) is 5.77. The third-order valence-electron chi connectivity index (χ3n) is 4.13. The number of carbonyl (C=O) groups is 1. The summed E-state index contributed by atoms with van der Waals surface area (Å²) in [6, 6.07) is 0. The van der Waals surface area contributed by atoms with Gasteiger partial charge >= 0.3 is 5.97 Å². The number of hydrogen-bond acceptors (Lipinski definition) is 4. The molecular weight excluding hydrogens is 306 g/mol. The Hall–Kier alpha value is -1.40. The van der Waals surface area contributed by atoms with Gasteiger partial charge in [0.25, 0.3) is 0 Å². The fourth-order valence-corrected chi connectivity index (χ4v) is 4.42. The van der Waals surface area contributed by atoms with Gasteiger partial charge in [-0.3, -0.25) is 9.36 Å². The lowest BCUT2D eigenvalue weighted by Crippen LogP contribution is -2.01. The number of fused-ring (bicyclic) bond motifs is 2. The number of aliphatic carboxylic acids is 1. The molecule has 1 fully saturated rings. The van der Waals surface area contributed by atoms with Crippen LogP contribution in [0.5, 0.6) is 5.88 Å². The molecule has 2 aliphatic carbocycles. The van der Waals surface area contributed by atoms with Gasteiger partial charge in [-0.05, 0) is 49.4 Å². The smallest absolute Gasteiger partial charge is 0.303 e. The predicted octanol–water partition coefficient (Wildman–Crippen LogP) is 3.83. The van der Waals surface area contributed by atoms with Crippen LogP contribution in [0, 0.1) is 15.8 Å². The first-order valence-corrected chi connectivity index (χ1v) is 8.30. The molecule has 2 atom stereocenters. The highest BCUT2D eigenvalue weighted by molar-refractivity contribution is 7.73. The zero-order valence-corrected chi connectivity index (χ0v) is 13.1. The molecule has 0 radical (unpaired) electrons. The van der Waals surface area contributed by atoms with Crippen LogP contribution in [0.4, 0.5) is 0 Å². The van der Waals surface area contributed by atoms with Gasteiger partial charge in [0.1, 0.15) is 0 Å². The lowest BCUT2D eigenvalue weighted by molar-refractivity contribution is -0.137. The van der Waals surface area contributed by atoms with Gasteiger partial charge in [0.05, 0.1) is 4.88 Å². The van der Waals surface area contributed by atoms with Crippen molar-refractivity contribution in [3.05, 3.63) is 26.6 Å². The highest BCUT2D eigenvalue weighted by Gasteiger charge is 2.31. The van der Waals surface area contributed by atoms with Gasteiger partial charge in [-0.1, -0.05) is 17.7 Å². The molecule has 0 amide bonds. The molecule has 0 aromatic carbocycles. The number of rotatable bonds is 5. The van der Waals surface area contributed by atoms with Gasteiger partial charge < -0.3 is 10.2 Å². The van der Waals surface area contributed by atoms with Crippen molar-refractivity contribution in [3.8, 4) is 5.88 Å². The van der Waals surface area contributed by atoms with Crippen LogP contribution in [-0.2, 0) is 11.3 Å². The van der Waals surface area contributed by atoms with Crippen LogP contribution in [0.1, 0.15) is 30.6 Å². The number of aromatic hydroxyl groups is 1. The summed E-state index contributed by atoms with van der Waals surface area (Å²) in [7, 11) is 0. The summed E-state index contributed by atoms with van der Waals surface area (Å²) in [6.45, 7) is 0.447. The topological polar surface area (TPSA) is 62.5 Å². The molecule has 2 bridgehead atoms. The van der Waals surface area contributed by atoms with Crippen LogP contribution < -0.4 is 0 Å². The Bertz CT molecular complexity index is 684. The number of nitrogens with zero attached hydrogens (tertiary/aromatic N) is 1. The predicted molar refractivity (Wildman–Crippen MR) is 85.0 cm³/mol. The average Bonchev–Trinajstić information content (AvgIpc) is 3.09. The van der Waals surface area contributed by atoms with E-state index in [9.17, 15) is 9.90 Å². The number of aromatic nitrogens is 1. The normalized spacial score (nSPS) is 25.0. The Labute approximate surface area is 132 Å². The monoisotopic (exact) mass is 323 g/mol. The van der Waals surface area contributed by atoms with Crippen LogP contribution in [0.15, 0.2) is 17.7 Å². The third kappa shape index (κ3) is 2.96. The van der Waals surface area contributed by atoms with Crippen LogP contribution in [-0.4, -0.2) is 20.7 Å². The van der Waals surface area contributed by atoms with E-state index in [1.165, 1.54) is 23.3 Å². The van der Waals surface area contributed by atoms with Crippen molar-refractivity contribution in [3.63, 3.8) is 0 Å². The van der Waals surface area contributed by atoms with Gasteiger partial charge in [-0.15, -0.1) is 11.3 Å². The molecule has 1 saturated carbocycles. The van der Waals surface area contributed by atoms with Crippen molar-refractivity contribution in [2.75, 3.05) is 0 Å². The van der Waals surface area contributed by atoms with Gasteiger partial charge in [0.2, 0.25) is 5.88 Å². The minimum absolute atomic E-state index is 0.0853. The van der Waals surface area contributed by atoms with Gasteiger partial charge in [-0.2, -0.15) is 0 Å².